The molecule has 0 bridgehead atoms. The van der Waals surface area contributed by atoms with Crippen molar-refractivity contribution >= 4 is 22.1 Å². The van der Waals surface area contributed by atoms with Gasteiger partial charge in [0.1, 0.15) is 6.10 Å². The van der Waals surface area contributed by atoms with Gasteiger partial charge in [0, 0.05) is 7.11 Å². The molecule has 0 N–H and O–H groups in total. The number of rotatable bonds is 7. The summed E-state index contributed by atoms with van der Waals surface area (Å²) in [5.41, 5.74) is -5.68. The summed E-state index contributed by atoms with van der Waals surface area (Å²) < 4.78 is 87.4. The molecule has 9 nitrogen and oxygen atoms in total. The summed E-state index contributed by atoms with van der Waals surface area (Å²) in [7, 11) is -4.96. The Morgan fingerprint density at radius 2 is 1.35 bits per heavy atom. The monoisotopic (exact) mass is 504 g/mol. The highest BCUT2D eigenvalue weighted by atomic mass is 32.2. The van der Waals surface area contributed by atoms with Crippen LogP contribution in [0.3, 0.4) is 0 Å². The summed E-state index contributed by atoms with van der Waals surface area (Å²) in [5, 5.41) is 0. The molecule has 184 valence electrons. The summed E-state index contributed by atoms with van der Waals surface area (Å²) in [4.78, 5) is 25.3. The Balaban J connectivity index is 1.95. The number of benzene rings is 2. The van der Waals surface area contributed by atoms with E-state index in [9.17, 15) is 31.2 Å². The molecule has 1 aliphatic rings. The Bertz CT molecular complexity index is 1090. The van der Waals surface area contributed by atoms with Crippen molar-refractivity contribution in [2.75, 3.05) is 13.7 Å². The third-order valence-corrected chi connectivity index (χ3v) is 5.72. The van der Waals surface area contributed by atoms with Crippen molar-refractivity contribution in [3.05, 3.63) is 71.8 Å². The Morgan fingerprint density at radius 3 is 1.79 bits per heavy atom. The molecule has 34 heavy (non-hydrogen) atoms. The lowest BCUT2D eigenvalue weighted by Crippen LogP contribution is -2.58. The molecule has 0 saturated carbocycles. The second-order valence-electron chi connectivity index (χ2n) is 6.94. The molecule has 0 amide bonds. The molecular formula is C21H19F3O9S. The molecular weight excluding hydrogens is 485 g/mol. The van der Waals surface area contributed by atoms with Crippen LogP contribution in [-0.4, -0.2) is 64.2 Å². The van der Waals surface area contributed by atoms with E-state index in [1.165, 1.54) is 48.5 Å². The van der Waals surface area contributed by atoms with E-state index in [2.05, 4.69) is 4.18 Å². The highest BCUT2D eigenvalue weighted by Gasteiger charge is 2.54. The van der Waals surface area contributed by atoms with Gasteiger partial charge < -0.3 is 18.9 Å². The molecule has 13 heteroatoms. The molecule has 0 aliphatic carbocycles. The Morgan fingerprint density at radius 1 is 0.882 bits per heavy atom. The van der Waals surface area contributed by atoms with Gasteiger partial charge in [-0.3, -0.25) is 4.18 Å². The maximum absolute atomic E-state index is 12.9. The first-order valence-corrected chi connectivity index (χ1v) is 11.1. The number of methoxy groups -OCH3 is 1. The largest absolute Gasteiger partial charge is 0.523 e. The van der Waals surface area contributed by atoms with E-state index in [-0.39, 0.29) is 11.1 Å². The second-order valence-corrected chi connectivity index (χ2v) is 8.51. The Hall–Kier alpha value is -3.00. The lowest BCUT2D eigenvalue weighted by Gasteiger charge is -2.39. The molecule has 1 saturated heterocycles. The molecule has 0 spiro atoms. The predicted octanol–water partition coefficient (Wildman–Crippen LogP) is 2.68. The average molecular weight is 504 g/mol. The van der Waals surface area contributed by atoms with Gasteiger partial charge in [0.2, 0.25) is 0 Å². The number of hydrogen-bond donors (Lipinski definition) is 0. The maximum atomic E-state index is 12.9. The van der Waals surface area contributed by atoms with Crippen molar-refractivity contribution in [2.24, 2.45) is 0 Å². The molecule has 0 unspecified atom stereocenters. The van der Waals surface area contributed by atoms with Crippen LogP contribution >= 0.6 is 0 Å². The van der Waals surface area contributed by atoms with Crippen LogP contribution in [0.1, 0.15) is 20.7 Å². The summed E-state index contributed by atoms with van der Waals surface area (Å²) in [6.07, 6.45) is -6.92. The average Bonchev–Trinajstić information content (AvgIpc) is 2.81. The minimum atomic E-state index is -6.11. The van der Waals surface area contributed by atoms with Gasteiger partial charge in [0.15, 0.2) is 18.5 Å². The molecule has 1 fully saturated rings. The Labute approximate surface area is 192 Å². The first-order chi connectivity index (χ1) is 16.0. The minimum Gasteiger partial charge on any atom is -0.452 e. The number of halogens is 3. The van der Waals surface area contributed by atoms with Crippen LogP contribution in [-0.2, 0) is 33.2 Å². The molecule has 0 aromatic heterocycles. The van der Waals surface area contributed by atoms with Gasteiger partial charge >= 0.3 is 27.6 Å². The number of carbonyl (C=O) groups is 2. The predicted molar refractivity (Wildman–Crippen MR) is 108 cm³/mol. The van der Waals surface area contributed by atoms with Crippen LogP contribution in [0.25, 0.3) is 0 Å². The number of esters is 2. The van der Waals surface area contributed by atoms with Crippen molar-refractivity contribution in [1.29, 1.82) is 0 Å². The van der Waals surface area contributed by atoms with Crippen LogP contribution in [0, 0.1) is 0 Å². The summed E-state index contributed by atoms with van der Waals surface area (Å²) in [6, 6.07) is 14.9. The van der Waals surface area contributed by atoms with E-state index in [1.807, 2.05) is 0 Å². The van der Waals surface area contributed by atoms with E-state index < -0.39 is 58.8 Å². The zero-order valence-corrected chi connectivity index (χ0v) is 18.3. The maximum Gasteiger partial charge on any atom is 0.523 e. The summed E-state index contributed by atoms with van der Waals surface area (Å²) in [6.45, 7) is -0.778. The van der Waals surface area contributed by atoms with E-state index in [1.54, 1.807) is 12.1 Å². The highest BCUT2D eigenvalue weighted by Crippen LogP contribution is 2.31. The van der Waals surface area contributed by atoms with E-state index >= 15 is 0 Å². The SMILES string of the molecule is CO[C@H]1OC[C@H](OS(=O)(=O)C(F)(F)F)[C@H](OC(=O)c2ccccc2)[C@H]1OC(=O)c1ccccc1. The first-order valence-electron chi connectivity index (χ1n) is 9.69. The summed E-state index contributed by atoms with van der Waals surface area (Å²) in [5.74, 6) is -1.97. The zero-order valence-electron chi connectivity index (χ0n) is 17.5. The highest BCUT2D eigenvalue weighted by molar-refractivity contribution is 7.87. The van der Waals surface area contributed by atoms with Crippen LogP contribution in [0.5, 0.6) is 0 Å². The minimum absolute atomic E-state index is 0.00789. The fourth-order valence-corrected chi connectivity index (χ4v) is 3.64. The molecule has 1 heterocycles. The van der Waals surface area contributed by atoms with Crippen LogP contribution in [0.2, 0.25) is 0 Å². The van der Waals surface area contributed by atoms with Gasteiger partial charge in [-0.1, -0.05) is 36.4 Å². The molecule has 4 atom stereocenters. The summed E-state index contributed by atoms with van der Waals surface area (Å²) >= 11 is 0. The topological polar surface area (TPSA) is 114 Å². The number of hydrogen-bond acceptors (Lipinski definition) is 9. The van der Waals surface area contributed by atoms with Crippen molar-refractivity contribution in [2.45, 2.75) is 30.1 Å². The molecule has 1 aliphatic heterocycles. The van der Waals surface area contributed by atoms with Crippen molar-refractivity contribution in [3.63, 3.8) is 0 Å². The quantitative estimate of drug-likeness (QED) is 0.319. The third-order valence-electron chi connectivity index (χ3n) is 4.65. The fourth-order valence-electron chi connectivity index (χ4n) is 3.05. The van der Waals surface area contributed by atoms with Gasteiger partial charge in [0.25, 0.3) is 0 Å². The second kappa shape index (κ2) is 10.5. The molecule has 3 rings (SSSR count). The van der Waals surface area contributed by atoms with Crippen LogP contribution in [0.15, 0.2) is 60.7 Å². The van der Waals surface area contributed by atoms with Crippen molar-refractivity contribution < 1.29 is 54.3 Å². The van der Waals surface area contributed by atoms with E-state index in [0.717, 1.165) is 7.11 Å². The van der Waals surface area contributed by atoms with Crippen LogP contribution < -0.4 is 0 Å². The van der Waals surface area contributed by atoms with E-state index in [0.29, 0.717) is 0 Å². The Kier molecular flexibility index (Phi) is 7.92. The first kappa shape index (κ1) is 25.6. The smallest absolute Gasteiger partial charge is 0.452 e. The van der Waals surface area contributed by atoms with Gasteiger partial charge in [-0.05, 0) is 24.3 Å². The molecule has 2 aromatic rings. The van der Waals surface area contributed by atoms with Crippen LogP contribution in [0.4, 0.5) is 13.2 Å². The number of alkyl halides is 3. The standard InChI is InChI=1S/C21H19F3O9S/c1-29-20-17(32-19(26)14-10-6-3-7-11-14)16(31-18(25)13-8-4-2-5-9-13)15(12-30-20)33-34(27,28)21(22,23)24/h2-11,15-17,20H,12H2,1H3/t15-,16-,17+,20-/m0/s1. The van der Waals surface area contributed by atoms with Gasteiger partial charge in [0.05, 0.1) is 17.7 Å². The number of ether oxygens (including phenoxy) is 4. The molecule has 0 radical (unpaired) electrons. The number of carbonyl (C=O) groups excluding carboxylic acids is 2. The van der Waals surface area contributed by atoms with Gasteiger partial charge in [-0.2, -0.15) is 21.6 Å². The molecule has 2 aromatic carbocycles. The van der Waals surface area contributed by atoms with Gasteiger partial charge in [-0.25, -0.2) is 9.59 Å². The van der Waals surface area contributed by atoms with Crippen molar-refractivity contribution in [3.8, 4) is 0 Å². The van der Waals surface area contributed by atoms with Crippen molar-refractivity contribution in [1.82, 2.24) is 0 Å². The van der Waals surface area contributed by atoms with E-state index in [4.69, 9.17) is 18.9 Å². The third kappa shape index (κ3) is 5.91. The lowest BCUT2D eigenvalue weighted by molar-refractivity contribution is -0.257. The normalized spacial score (nSPS) is 23.2. The van der Waals surface area contributed by atoms with Gasteiger partial charge in [-0.15, -0.1) is 0 Å². The fraction of sp³-hybridized carbons (Fsp3) is 0.333. The lowest BCUT2D eigenvalue weighted by atomic mass is 10.0. The zero-order chi connectivity index (χ0) is 24.9.